The Hall–Kier alpha value is -0.670. The number of nitrogens with zero attached hydrogens (tertiary/aromatic N) is 2. The third-order valence-corrected chi connectivity index (χ3v) is 8.29. The summed E-state index contributed by atoms with van der Waals surface area (Å²) in [7, 11) is 0. The number of rotatable bonds is 7. The SMILES string of the molecule is Cc1csc(Nc2ncc(SCC3CCNCC3)cc2Sc2ccccc2Cl)n1.Cl.Cl. The van der Waals surface area contributed by atoms with Crippen LogP contribution in [0.2, 0.25) is 5.02 Å². The Morgan fingerprint density at radius 1 is 1.19 bits per heavy atom. The minimum Gasteiger partial charge on any atom is -0.317 e. The van der Waals surface area contributed by atoms with Gasteiger partial charge in [0.15, 0.2) is 5.13 Å². The molecular weight excluding hydrogens is 511 g/mol. The maximum absolute atomic E-state index is 6.41. The first-order chi connectivity index (χ1) is 14.2. The molecule has 2 aromatic heterocycles. The van der Waals surface area contributed by atoms with Crippen LogP contribution in [0.3, 0.4) is 0 Å². The number of nitrogens with one attached hydrogen (secondary N) is 2. The number of halogens is 3. The van der Waals surface area contributed by atoms with Crippen molar-refractivity contribution in [1.29, 1.82) is 0 Å². The van der Waals surface area contributed by atoms with Crippen LogP contribution in [0, 0.1) is 12.8 Å². The first-order valence-electron chi connectivity index (χ1n) is 9.62. The summed E-state index contributed by atoms with van der Waals surface area (Å²) in [5.74, 6) is 2.73. The summed E-state index contributed by atoms with van der Waals surface area (Å²) in [6, 6.07) is 10.1. The normalized spacial score (nSPS) is 13.9. The Morgan fingerprint density at radius 3 is 2.68 bits per heavy atom. The average molecular weight is 536 g/mol. The van der Waals surface area contributed by atoms with Crippen molar-refractivity contribution in [3.05, 3.63) is 52.6 Å². The van der Waals surface area contributed by atoms with E-state index in [0.717, 1.165) is 56.2 Å². The van der Waals surface area contributed by atoms with Crippen LogP contribution in [0.5, 0.6) is 0 Å². The molecule has 1 fully saturated rings. The van der Waals surface area contributed by atoms with Crippen LogP contribution >= 0.6 is 71.3 Å². The molecule has 1 saturated heterocycles. The molecule has 10 heteroatoms. The van der Waals surface area contributed by atoms with E-state index in [1.165, 1.54) is 17.7 Å². The van der Waals surface area contributed by atoms with Gasteiger partial charge >= 0.3 is 0 Å². The van der Waals surface area contributed by atoms with Crippen molar-refractivity contribution < 1.29 is 0 Å². The van der Waals surface area contributed by atoms with Gasteiger partial charge in [-0.15, -0.1) is 47.9 Å². The lowest BCUT2D eigenvalue weighted by Gasteiger charge is -2.22. The predicted octanol–water partition coefficient (Wildman–Crippen LogP) is 7.33. The lowest BCUT2D eigenvalue weighted by atomic mass is 10.0. The Kier molecular flexibility index (Phi) is 11.3. The molecule has 3 aromatic rings. The summed E-state index contributed by atoms with van der Waals surface area (Å²) in [6.45, 7) is 4.26. The molecule has 1 aromatic carbocycles. The van der Waals surface area contributed by atoms with Crippen molar-refractivity contribution in [1.82, 2.24) is 15.3 Å². The highest BCUT2D eigenvalue weighted by molar-refractivity contribution is 8.00. The van der Waals surface area contributed by atoms with Gasteiger partial charge in [-0.2, -0.15) is 0 Å². The van der Waals surface area contributed by atoms with Crippen LogP contribution in [0.15, 0.2) is 56.6 Å². The van der Waals surface area contributed by atoms with Crippen LogP contribution < -0.4 is 10.6 Å². The molecule has 31 heavy (non-hydrogen) atoms. The summed E-state index contributed by atoms with van der Waals surface area (Å²) < 4.78 is 0. The molecule has 0 spiro atoms. The number of thioether (sulfide) groups is 1. The van der Waals surface area contributed by atoms with E-state index in [4.69, 9.17) is 16.6 Å². The van der Waals surface area contributed by atoms with Gasteiger partial charge in [0, 0.05) is 27.1 Å². The molecule has 0 radical (unpaired) electrons. The first-order valence-corrected chi connectivity index (χ1v) is 12.7. The van der Waals surface area contributed by atoms with Crippen LogP contribution in [0.25, 0.3) is 0 Å². The minimum atomic E-state index is 0. The second-order valence-corrected chi connectivity index (χ2v) is 10.4. The van der Waals surface area contributed by atoms with Crippen molar-refractivity contribution in [2.45, 2.75) is 34.5 Å². The van der Waals surface area contributed by atoms with Crippen molar-refractivity contribution >= 4 is 82.2 Å². The highest BCUT2D eigenvalue weighted by Gasteiger charge is 2.15. The van der Waals surface area contributed by atoms with E-state index in [-0.39, 0.29) is 24.8 Å². The second-order valence-electron chi connectivity index (χ2n) is 6.97. The van der Waals surface area contributed by atoms with Crippen molar-refractivity contribution in [2.24, 2.45) is 5.92 Å². The quantitative estimate of drug-likeness (QED) is 0.309. The van der Waals surface area contributed by atoms with E-state index in [9.17, 15) is 0 Å². The summed E-state index contributed by atoms with van der Waals surface area (Å²) >= 11 is 11.5. The van der Waals surface area contributed by atoms with Crippen molar-refractivity contribution in [3.8, 4) is 0 Å². The van der Waals surface area contributed by atoms with Crippen molar-refractivity contribution in [2.75, 3.05) is 24.2 Å². The highest BCUT2D eigenvalue weighted by Crippen LogP contribution is 2.39. The molecule has 0 saturated carbocycles. The molecule has 3 heterocycles. The zero-order valence-corrected chi connectivity index (χ0v) is 21.8. The topological polar surface area (TPSA) is 49.8 Å². The Morgan fingerprint density at radius 2 is 1.97 bits per heavy atom. The summed E-state index contributed by atoms with van der Waals surface area (Å²) in [4.78, 5) is 12.5. The molecule has 0 bridgehead atoms. The molecule has 168 valence electrons. The van der Waals surface area contributed by atoms with Crippen LogP contribution in [0.1, 0.15) is 18.5 Å². The maximum Gasteiger partial charge on any atom is 0.188 e. The molecule has 0 unspecified atom stereocenters. The molecular formula is C21H25Cl3N4S3. The van der Waals surface area contributed by atoms with E-state index in [1.54, 1.807) is 23.1 Å². The number of piperidine rings is 1. The van der Waals surface area contributed by atoms with Crippen LogP contribution in [0.4, 0.5) is 10.9 Å². The molecule has 2 N–H and O–H groups in total. The molecule has 0 atom stereocenters. The molecule has 1 aliphatic heterocycles. The largest absolute Gasteiger partial charge is 0.317 e. The van der Waals surface area contributed by atoms with Gasteiger partial charge < -0.3 is 10.6 Å². The number of aromatic nitrogens is 2. The molecule has 4 rings (SSSR count). The van der Waals surface area contributed by atoms with Crippen LogP contribution in [-0.4, -0.2) is 28.8 Å². The van der Waals surface area contributed by atoms with Gasteiger partial charge in [0.05, 0.1) is 15.6 Å². The first kappa shape index (κ1) is 26.6. The lowest BCUT2D eigenvalue weighted by molar-refractivity contribution is 0.408. The van der Waals surface area contributed by atoms with E-state index in [0.29, 0.717) is 0 Å². The van der Waals surface area contributed by atoms with E-state index >= 15 is 0 Å². The summed E-state index contributed by atoms with van der Waals surface area (Å²) in [5.41, 5.74) is 1.01. The minimum absolute atomic E-state index is 0. The molecule has 4 nitrogen and oxygen atoms in total. The summed E-state index contributed by atoms with van der Waals surface area (Å²) in [5, 5.41) is 10.5. The smallest absolute Gasteiger partial charge is 0.188 e. The molecule has 1 aliphatic rings. The van der Waals surface area contributed by atoms with Gasteiger partial charge in [0.1, 0.15) is 5.82 Å². The monoisotopic (exact) mass is 534 g/mol. The predicted molar refractivity (Wildman–Crippen MR) is 141 cm³/mol. The number of thiazole rings is 1. The van der Waals surface area contributed by atoms with Gasteiger partial charge in [0.25, 0.3) is 0 Å². The van der Waals surface area contributed by atoms with Gasteiger partial charge in [-0.05, 0) is 57.0 Å². The van der Waals surface area contributed by atoms with E-state index in [1.807, 2.05) is 54.5 Å². The Labute approximate surface area is 213 Å². The fraction of sp³-hybridized carbons (Fsp3) is 0.333. The lowest BCUT2D eigenvalue weighted by Crippen LogP contribution is -2.28. The zero-order chi connectivity index (χ0) is 20.1. The summed E-state index contributed by atoms with van der Waals surface area (Å²) in [6.07, 6.45) is 4.47. The van der Waals surface area contributed by atoms with E-state index < -0.39 is 0 Å². The van der Waals surface area contributed by atoms with Crippen LogP contribution in [-0.2, 0) is 0 Å². The van der Waals surface area contributed by atoms with Gasteiger partial charge in [-0.25, -0.2) is 9.97 Å². The third-order valence-electron chi connectivity index (χ3n) is 4.67. The number of hydrogen-bond donors (Lipinski definition) is 2. The molecule has 0 amide bonds. The van der Waals surface area contributed by atoms with Gasteiger partial charge in [-0.1, -0.05) is 35.5 Å². The van der Waals surface area contributed by atoms with Gasteiger partial charge in [0.2, 0.25) is 0 Å². The third kappa shape index (κ3) is 7.70. The highest BCUT2D eigenvalue weighted by atomic mass is 35.5. The number of hydrogen-bond acceptors (Lipinski definition) is 7. The maximum atomic E-state index is 6.41. The van der Waals surface area contributed by atoms with E-state index in [2.05, 4.69) is 21.7 Å². The average Bonchev–Trinajstić information content (AvgIpc) is 3.15. The Balaban J connectivity index is 0.00000171. The number of benzene rings is 1. The van der Waals surface area contributed by atoms with Crippen molar-refractivity contribution in [3.63, 3.8) is 0 Å². The number of aryl methyl sites for hydroxylation is 1. The number of anilines is 2. The fourth-order valence-corrected chi connectivity index (χ4v) is 6.14. The van der Waals surface area contributed by atoms with Gasteiger partial charge in [-0.3, -0.25) is 0 Å². The Bertz CT molecular complexity index is 965. The second kappa shape index (κ2) is 13.1. The standard InChI is InChI=1S/C21H23ClN4S3.2ClH/c1-14-12-28-21(25-14)26-20-19(29-18-5-3-2-4-17(18)22)10-16(11-24-20)27-13-15-6-8-23-9-7-15;;/h2-5,10-12,15,23H,6-9,13H2,1H3,(H,24,25,26);2*1H. The zero-order valence-electron chi connectivity index (χ0n) is 17.0. The molecule has 0 aliphatic carbocycles. The fourth-order valence-electron chi connectivity index (χ4n) is 3.10. The number of pyridine rings is 1.